The lowest BCUT2D eigenvalue weighted by atomic mass is 10.0. The Bertz CT molecular complexity index is 387. The lowest BCUT2D eigenvalue weighted by Gasteiger charge is -2.23. The molecule has 0 aromatic heterocycles. The monoisotopic (exact) mass is 414 g/mol. The Labute approximate surface area is 178 Å². The van der Waals surface area contributed by atoms with Gasteiger partial charge in [-0.15, -0.1) is 0 Å². The minimum atomic E-state index is -1.000. The fourth-order valence-electron chi connectivity index (χ4n) is 3.89. The van der Waals surface area contributed by atoms with Crippen LogP contribution in [0.15, 0.2) is 12.2 Å². The van der Waals surface area contributed by atoms with E-state index in [0.29, 0.717) is 6.61 Å². The molecule has 5 heteroatoms. The molecule has 4 atom stereocenters. The third-order valence-corrected chi connectivity index (χ3v) is 5.71. The summed E-state index contributed by atoms with van der Waals surface area (Å²) in [4.78, 5) is 0. The average Bonchev–Trinajstić information content (AvgIpc) is 3.10. The van der Waals surface area contributed by atoms with Crippen LogP contribution in [0.4, 0.5) is 0 Å². The van der Waals surface area contributed by atoms with Crippen molar-refractivity contribution in [3.8, 4) is 0 Å². The number of unbranched alkanes of at least 4 members (excludes halogenated alkanes) is 12. The van der Waals surface area contributed by atoms with E-state index in [2.05, 4.69) is 19.1 Å². The summed E-state index contributed by atoms with van der Waals surface area (Å²) < 4.78 is 11.0. The van der Waals surface area contributed by atoms with E-state index in [-0.39, 0.29) is 13.2 Å². The van der Waals surface area contributed by atoms with Gasteiger partial charge in [-0.2, -0.15) is 0 Å². The summed E-state index contributed by atoms with van der Waals surface area (Å²) >= 11 is 0. The standard InChI is InChI=1S/C24H46O5/c1-2-3-4-5-6-7-8-9-10-11-12-13-14-15-16-17-18-28-24-22(27)20-29-23(24)21(26)19-25/h3-4,21-27H,2,5-20H2,1H3/b4-3+/t21-,22+,23+,24+/m0/s1. The normalized spacial score (nSPS) is 23.2. The topological polar surface area (TPSA) is 79.2 Å². The van der Waals surface area contributed by atoms with Gasteiger partial charge >= 0.3 is 0 Å². The van der Waals surface area contributed by atoms with Crippen molar-refractivity contribution in [2.75, 3.05) is 19.8 Å². The van der Waals surface area contributed by atoms with Crippen molar-refractivity contribution in [2.24, 2.45) is 0 Å². The van der Waals surface area contributed by atoms with E-state index in [4.69, 9.17) is 14.6 Å². The second-order valence-electron chi connectivity index (χ2n) is 8.36. The Balaban J connectivity index is 1.84. The van der Waals surface area contributed by atoms with Crippen molar-refractivity contribution >= 4 is 0 Å². The van der Waals surface area contributed by atoms with Gasteiger partial charge in [0.15, 0.2) is 0 Å². The molecule has 1 aliphatic rings. The van der Waals surface area contributed by atoms with Gasteiger partial charge in [0.25, 0.3) is 0 Å². The first kappa shape index (κ1) is 26.6. The second-order valence-corrected chi connectivity index (χ2v) is 8.36. The molecular formula is C24H46O5. The third-order valence-electron chi connectivity index (χ3n) is 5.71. The van der Waals surface area contributed by atoms with E-state index in [1.54, 1.807) is 0 Å². The van der Waals surface area contributed by atoms with Crippen LogP contribution in [0.25, 0.3) is 0 Å². The van der Waals surface area contributed by atoms with Crippen LogP contribution in [0.5, 0.6) is 0 Å². The van der Waals surface area contributed by atoms with Crippen LogP contribution in [-0.4, -0.2) is 59.6 Å². The molecule has 3 N–H and O–H groups in total. The molecule has 0 aliphatic carbocycles. The Morgan fingerprint density at radius 2 is 1.45 bits per heavy atom. The second kappa shape index (κ2) is 18.3. The molecule has 1 saturated heterocycles. The Morgan fingerprint density at radius 1 is 0.897 bits per heavy atom. The van der Waals surface area contributed by atoms with E-state index in [0.717, 1.165) is 19.3 Å². The largest absolute Gasteiger partial charge is 0.394 e. The number of aliphatic hydroxyl groups is 3. The number of hydrogen-bond acceptors (Lipinski definition) is 5. The van der Waals surface area contributed by atoms with Gasteiger partial charge in [0.05, 0.1) is 13.2 Å². The summed E-state index contributed by atoms with van der Waals surface area (Å²) in [7, 11) is 0. The van der Waals surface area contributed by atoms with Crippen molar-refractivity contribution in [1.82, 2.24) is 0 Å². The molecule has 0 radical (unpaired) electrons. The Kier molecular flexibility index (Phi) is 16.8. The summed E-state index contributed by atoms with van der Waals surface area (Å²) in [6.45, 7) is 2.52. The van der Waals surface area contributed by atoms with Gasteiger partial charge in [0.2, 0.25) is 0 Å². The Hall–Kier alpha value is -0.460. The summed E-state index contributed by atoms with van der Waals surface area (Å²) in [6, 6.07) is 0. The SMILES string of the molecule is CC/C=C/CCCCCCCCCCCCCCO[C@H]1[C@@H]([C@@H](O)CO)OC[C@H]1O. The zero-order chi connectivity index (χ0) is 21.2. The molecule has 1 fully saturated rings. The average molecular weight is 415 g/mol. The smallest absolute Gasteiger partial charge is 0.114 e. The van der Waals surface area contributed by atoms with Crippen LogP contribution < -0.4 is 0 Å². The minimum absolute atomic E-state index is 0.155. The van der Waals surface area contributed by atoms with Crippen molar-refractivity contribution < 1.29 is 24.8 Å². The van der Waals surface area contributed by atoms with Gasteiger partial charge in [-0.1, -0.05) is 83.3 Å². The summed E-state index contributed by atoms with van der Waals surface area (Å²) in [5.41, 5.74) is 0. The van der Waals surface area contributed by atoms with E-state index in [1.165, 1.54) is 70.6 Å². The number of ether oxygens (including phenoxy) is 2. The lowest BCUT2D eigenvalue weighted by molar-refractivity contribution is -0.0938. The van der Waals surface area contributed by atoms with Crippen LogP contribution in [0, 0.1) is 0 Å². The van der Waals surface area contributed by atoms with Crippen LogP contribution in [-0.2, 0) is 9.47 Å². The van der Waals surface area contributed by atoms with Crippen LogP contribution in [0.2, 0.25) is 0 Å². The lowest BCUT2D eigenvalue weighted by Crippen LogP contribution is -2.42. The third kappa shape index (κ3) is 12.7. The Morgan fingerprint density at radius 3 is 2.00 bits per heavy atom. The highest BCUT2D eigenvalue weighted by Crippen LogP contribution is 2.21. The summed E-state index contributed by atoms with van der Waals surface area (Å²) in [5.74, 6) is 0. The molecular weight excluding hydrogens is 368 g/mol. The number of rotatable bonds is 19. The molecule has 172 valence electrons. The number of allylic oxidation sites excluding steroid dienone is 2. The molecule has 5 nitrogen and oxygen atoms in total. The molecule has 0 amide bonds. The van der Waals surface area contributed by atoms with E-state index in [9.17, 15) is 10.2 Å². The first-order valence-electron chi connectivity index (χ1n) is 12.1. The maximum atomic E-state index is 9.89. The molecule has 1 aliphatic heterocycles. The van der Waals surface area contributed by atoms with Crippen molar-refractivity contribution in [3.05, 3.63) is 12.2 Å². The van der Waals surface area contributed by atoms with Gasteiger partial charge in [0, 0.05) is 6.61 Å². The highest BCUT2D eigenvalue weighted by molar-refractivity contribution is 4.89. The minimum Gasteiger partial charge on any atom is -0.394 e. The van der Waals surface area contributed by atoms with Gasteiger partial charge in [-0.05, 0) is 25.7 Å². The van der Waals surface area contributed by atoms with Crippen molar-refractivity contribution in [1.29, 1.82) is 0 Å². The zero-order valence-corrected chi connectivity index (χ0v) is 18.6. The van der Waals surface area contributed by atoms with E-state index < -0.39 is 24.4 Å². The van der Waals surface area contributed by atoms with E-state index >= 15 is 0 Å². The highest BCUT2D eigenvalue weighted by Gasteiger charge is 2.40. The summed E-state index contributed by atoms with van der Waals surface area (Å²) in [5, 5.41) is 28.7. The molecule has 0 unspecified atom stereocenters. The van der Waals surface area contributed by atoms with Gasteiger partial charge in [0.1, 0.15) is 24.4 Å². The highest BCUT2D eigenvalue weighted by atomic mass is 16.6. The quantitative estimate of drug-likeness (QED) is 0.214. The van der Waals surface area contributed by atoms with E-state index in [1.807, 2.05) is 0 Å². The van der Waals surface area contributed by atoms with Crippen molar-refractivity contribution in [2.45, 2.75) is 121 Å². The van der Waals surface area contributed by atoms with Crippen LogP contribution in [0.1, 0.15) is 96.8 Å². The van der Waals surface area contributed by atoms with Gasteiger partial charge in [-0.25, -0.2) is 0 Å². The van der Waals surface area contributed by atoms with Crippen LogP contribution >= 0.6 is 0 Å². The molecule has 1 rings (SSSR count). The van der Waals surface area contributed by atoms with Crippen molar-refractivity contribution in [3.63, 3.8) is 0 Å². The molecule has 0 aromatic rings. The molecule has 0 aromatic carbocycles. The first-order chi connectivity index (χ1) is 14.2. The van der Waals surface area contributed by atoms with Gasteiger partial charge in [-0.3, -0.25) is 0 Å². The number of hydrogen-bond donors (Lipinski definition) is 3. The summed E-state index contributed by atoms with van der Waals surface area (Å²) in [6.07, 6.45) is 19.6. The molecule has 0 bridgehead atoms. The first-order valence-corrected chi connectivity index (χ1v) is 12.1. The maximum absolute atomic E-state index is 9.89. The number of aliphatic hydroxyl groups excluding tert-OH is 3. The molecule has 0 saturated carbocycles. The maximum Gasteiger partial charge on any atom is 0.114 e. The molecule has 1 heterocycles. The fourth-order valence-corrected chi connectivity index (χ4v) is 3.89. The molecule has 0 spiro atoms. The molecule has 29 heavy (non-hydrogen) atoms. The predicted molar refractivity (Wildman–Crippen MR) is 118 cm³/mol. The van der Waals surface area contributed by atoms with Gasteiger partial charge < -0.3 is 24.8 Å². The predicted octanol–water partition coefficient (Wildman–Crippen LogP) is 4.52. The fraction of sp³-hybridized carbons (Fsp3) is 0.917. The van der Waals surface area contributed by atoms with Crippen LogP contribution in [0.3, 0.4) is 0 Å². The zero-order valence-electron chi connectivity index (χ0n) is 18.6.